The van der Waals surface area contributed by atoms with Gasteiger partial charge in [-0.15, -0.1) is 10.2 Å². The average molecular weight is 425 g/mol. The lowest BCUT2D eigenvalue weighted by molar-refractivity contribution is 0.0567. The fraction of sp³-hybridized carbons (Fsp3) is 0.625. The number of aromatic nitrogens is 2. The Balaban J connectivity index is 1.41. The van der Waals surface area contributed by atoms with Crippen LogP contribution in [-0.4, -0.2) is 65.2 Å². The summed E-state index contributed by atoms with van der Waals surface area (Å²) in [4.78, 5) is 18.1. The van der Waals surface area contributed by atoms with Crippen molar-refractivity contribution in [1.29, 1.82) is 0 Å². The molecular formula is C24H32N4O3. The van der Waals surface area contributed by atoms with Crippen LogP contribution in [0.15, 0.2) is 22.6 Å². The molecule has 3 heterocycles. The van der Waals surface area contributed by atoms with Crippen LogP contribution < -0.4 is 4.74 Å². The Morgan fingerprint density at radius 3 is 2.68 bits per heavy atom. The number of carbonyl (C=O) groups excluding carboxylic acids is 1. The molecule has 3 fully saturated rings. The van der Waals surface area contributed by atoms with E-state index in [-0.39, 0.29) is 11.3 Å². The maximum absolute atomic E-state index is 13.4. The Hall–Kier alpha value is -2.41. The molecule has 1 aromatic carbocycles. The molecule has 166 valence electrons. The van der Waals surface area contributed by atoms with E-state index in [2.05, 4.69) is 15.1 Å². The van der Waals surface area contributed by atoms with Gasteiger partial charge in [0.2, 0.25) is 11.8 Å². The minimum absolute atomic E-state index is 0.106. The molecule has 31 heavy (non-hydrogen) atoms. The third-order valence-corrected chi connectivity index (χ3v) is 7.73. The molecule has 1 aliphatic carbocycles. The summed E-state index contributed by atoms with van der Waals surface area (Å²) in [5.74, 6) is 2.58. The second-order valence-electron chi connectivity index (χ2n) is 9.53. The van der Waals surface area contributed by atoms with E-state index in [9.17, 15) is 4.79 Å². The molecule has 7 nitrogen and oxygen atoms in total. The first-order valence-corrected chi connectivity index (χ1v) is 11.5. The Labute approximate surface area is 183 Å². The van der Waals surface area contributed by atoms with E-state index >= 15 is 0 Å². The number of aryl methyl sites for hydroxylation is 2. The fourth-order valence-corrected chi connectivity index (χ4v) is 5.97. The van der Waals surface area contributed by atoms with Crippen molar-refractivity contribution in [3.8, 4) is 5.75 Å². The first kappa shape index (κ1) is 20.5. The Morgan fingerprint density at radius 2 is 2.00 bits per heavy atom. The molecule has 2 atom stereocenters. The van der Waals surface area contributed by atoms with Gasteiger partial charge in [-0.1, -0.05) is 12.8 Å². The minimum atomic E-state index is -0.143. The van der Waals surface area contributed by atoms with E-state index in [4.69, 9.17) is 9.15 Å². The lowest BCUT2D eigenvalue weighted by Crippen LogP contribution is -2.51. The predicted molar refractivity (Wildman–Crippen MR) is 116 cm³/mol. The van der Waals surface area contributed by atoms with Crippen molar-refractivity contribution in [3.63, 3.8) is 0 Å². The van der Waals surface area contributed by atoms with Gasteiger partial charge in [0.1, 0.15) is 5.75 Å². The largest absolute Gasteiger partial charge is 0.497 e. The van der Waals surface area contributed by atoms with Crippen LogP contribution >= 0.6 is 0 Å². The highest BCUT2D eigenvalue weighted by molar-refractivity contribution is 5.96. The Kier molecular flexibility index (Phi) is 5.24. The smallest absolute Gasteiger partial charge is 0.254 e. The zero-order valence-corrected chi connectivity index (χ0v) is 18.8. The van der Waals surface area contributed by atoms with Crippen LogP contribution in [0.5, 0.6) is 5.75 Å². The van der Waals surface area contributed by atoms with Gasteiger partial charge in [-0.25, -0.2) is 0 Å². The number of carbonyl (C=O) groups is 1. The maximum atomic E-state index is 13.4. The van der Waals surface area contributed by atoms with Gasteiger partial charge in [-0.2, -0.15) is 0 Å². The molecule has 0 bridgehead atoms. The van der Waals surface area contributed by atoms with Crippen LogP contribution in [0.2, 0.25) is 0 Å². The highest BCUT2D eigenvalue weighted by Crippen LogP contribution is 2.46. The third kappa shape index (κ3) is 3.53. The van der Waals surface area contributed by atoms with Crippen LogP contribution in [0.1, 0.15) is 59.8 Å². The summed E-state index contributed by atoms with van der Waals surface area (Å²) >= 11 is 0. The van der Waals surface area contributed by atoms with Gasteiger partial charge in [-0.3, -0.25) is 9.69 Å². The van der Waals surface area contributed by atoms with Crippen molar-refractivity contribution in [1.82, 2.24) is 20.0 Å². The molecular weight excluding hydrogens is 392 g/mol. The monoisotopic (exact) mass is 424 g/mol. The van der Waals surface area contributed by atoms with Crippen LogP contribution in [0.3, 0.4) is 0 Å². The van der Waals surface area contributed by atoms with Crippen molar-refractivity contribution >= 4 is 5.91 Å². The van der Waals surface area contributed by atoms with Crippen molar-refractivity contribution < 1.29 is 13.9 Å². The summed E-state index contributed by atoms with van der Waals surface area (Å²) < 4.78 is 11.3. The molecule has 0 radical (unpaired) electrons. The van der Waals surface area contributed by atoms with Gasteiger partial charge in [0.15, 0.2) is 0 Å². The first-order chi connectivity index (χ1) is 15.0. The molecule has 0 unspecified atom stereocenters. The predicted octanol–water partition coefficient (Wildman–Crippen LogP) is 3.35. The van der Waals surface area contributed by atoms with Gasteiger partial charge in [0.25, 0.3) is 5.91 Å². The van der Waals surface area contributed by atoms with E-state index < -0.39 is 0 Å². The zero-order chi connectivity index (χ0) is 21.6. The lowest BCUT2D eigenvalue weighted by Gasteiger charge is -2.41. The number of piperidine rings is 1. The zero-order valence-electron chi connectivity index (χ0n) is 18.8. The molecule has 2 saturated heterocycles. The SMILES string of the molecule is COc1ccc(C(=O)N2CC[C@]3(c4nnc(C)o4)CN(C4CCCC4)C[C@@H]3C2)c(C)c1. The van der Waals surface area contributed by atoms with Gasteiger partial charge >= 0.3 is 0 Å². The molecule has 5 rings (SSSR count). The summed E-state index contributed by atoms with van der Waals surface area (Å²) in [5, 5.41) is 8.61. The summed E-state index contributed by atoms with van der Waals surface area (Å²) in [6.07, 6.45) is 6.06. The Morgan fingerprint density at radius 1 is 1.19 bits per heavy atom. The number of ether oxygens (including phenoxy) is 1. The van der Waals surface area contributed by atoms with Gasteiger partial charge in [0, 0.05) is 50.6 Å². The third-order valence-electron chi connectivity index (χ3n) is 7.73. The number of nitrogens with zero attached hydrogens (tertiary/aromatic N) is 4. The van der Waals surface area contributed by atoms with Crippen LogP contribution in [0, 0.1) is 19.8 Å². The first-order valence-electron chi connectivity index (χ1n) is 11.5. The van der Waals surface area contributed by atoms with Crippen LogP contribution in [-0.2, 0) is 5.41 Å². The lowest BCUT2D eigenvalue weighted by atomic mass is 9.72. The highest BCUT2D eigenvalue weighted by atomic mass is 16.5. The van der Waals surface area contributed by atoms with Crippen molar-refractivity contribution in [2.24, 2.45) is 5.92 Å². The van der Waals surface area contributed by atoms with E-state index in [1.54, 1.807) is 7.11 Å². The molecule has 2 aromatic rings. The number of fused-ring (bicyclic) bond motifs is 1. The second-order valence-corrected chi connectivity index (χ2v) is 9.53. The molecule has 1 saturated carbocycles. The average Bonchev–Trinajstić information content (AvgIpc) is 3.52. The number of benzene rings is 1. The topological polar surface area (TPSA) is 71.7 Å². The number of likely N-dealkylation sites (tertiary alicyclic amines) is 2. The van der Waals surface area contributed by atoms with Gasteiger partial charge < -0.3 is 14.1 Å². The number of rotatable bonds is 4. The fourth-order valence-electron chi connectivity index (χ4n) is 5.97. The number of hydrogen-bond donors (Lipinski definition) is 0. The summed E-state index contributed by atoms with van der Waals surface area (Å²) in [6.45, 7) is 7.24. The van der Waals surface area contributed by atoms with E-state index in [1.165, 1.54) is 25.7 Å². The maximum Gasteiger partial charge on any atom is 0.254 e. The van der Waals surface area contributed by atoms with Crippen LogP contribution in [0.25, 0.3) is 0 Å². The summed E-state index contributed by atoms with van der Waals surface area (Å²) in [6, 6.07) is 6.34. The van der Waals surface area contributed by atoms with Crippen molar-refractivity contribution in [2.75, 3.05) is 33.3 Å². The quantitative estimate of drug-likeness (QED) is 0.750. The number of amides is 1. The van der Waals surface area contributed by atoms with E-state index in [0.717, 1.165) is 48.8 Å². The minimum Gasteiger partial charge on any atom is -0.497 e. The number of methoxy groups -OCH3 is 1. The van der Waals surface area contributed by atoms with Gasteiger partial charge in [0.05, 0.1) is 12.5 Å². The molecule has 2 aliphatic heterocycles. The summed E-state index contributed by atoms with van der Waals surface area (Å²) in [7, 11) is 1.65. The molecule has 0 N–H and O–H groups in total. The Bertz CT molecular complexity index is 967. The standard InChI is InChI=1S/C24H32N4O3/c1-16-12-20(30-3)8-9-21(16)22(29)27-11-10-24(23-26-25-17(2)31-23)15-28(14-18(24)13-27)19-6-4-5-7-19/h8-9,12,18-19H,4-7,10-11,13-15H2,1-3H3/t18-,24-/m0/s1. The molecule has 1 aromatic heterocycles. The molecule has 0 spiro atoms. The van der Waals surface area contributed by atoms with Crippen molar-refractivity contribution in [2.45, 2.75) is 57.4 Å². The van der Waals surface area contributed by atoms with E-state index in [0.29, 0.717) is 24.4 Å². The molecule has 1 amide bonds. The number of hydrogen-bond acceptors (Lipinski definition) is 6. The molecule has 7 heteroatoms. The molecule has 3 aliphatic rings. The normalized spacial score (nSPS) is 26.9. The second kappa shape index (κ2) is 7.93. The van der Waals surface area contributed by atoms with Crippen LogP contribution in [0.4, 0.5) is 0 Å². The highest BCUT2D eigenvalue weighted by Gasteiger charge is 2.55. The summed E-state index contributed by atoms with van der Waals surface area (Å²) in [5.41, 5.74) is 1.57. The van der Waals surface area contributed by atoms with Gasteiger partial charge in [-0.05, 0) is 49.9 Å². The van der Waals surface area contributed by atoms with E-state index in [1.807, 2.05) is 36.9 Å². The van der Waals surface area contributed by atoms with Crippen molar-refractivity contribution in [3.05, 3.63) is 41.1 Å².